The summed E-state index contributed by atoms with van der Waals surface area (Å²) in [5.74, 6) is 1.63. The number of aromatic nitrogens is 4. The van der Waals surface area contributed by atoms with Crippen molar-refractivity contribution in [2.45, 2.75) is 0 Å². The predicted octanol–water partition coefficient (Wildman–Crippen LogP) is 11.8. The van der Waals surface area contributed by atoms with Gasteiger partial charge in [-0.2, -0.15) is 0 Å². The van der Waals surface area contributed by atoms with Gasteiger partial charge in [0.05, 0.1) is 33.2 Å². The second-order valence-corrected chi connectivity index (χ2v) is 12.8. The number of para-hydroxylation sites is 5. The Kier molecular flexibility index (Phi) is 5.86. The van der Waals surface area contributed by atoms with Crippen LogP contribution in [-0.2, 0) is 0 Å². The Morgan fingerprint density at radius 2 is 0.882 bits per heavy atom. The quantitative estimate of drug-likeness (QED) is 0.189. The molecule has 0 fully saturated rings. The standard InChI is InChI=1S/C45H26N4O2/c1-2-13-27(14-3-1)43-46-44(33-20-10-18-31-30-17-6-9-25-38(30)50-41(31)33)48-45(47-43)34-21-11-19-32-40-37(24-12-26-39(40)51-42(32)34)49-35-22-7-4-15-28(35)29-16-5-8-23-36(29)49/h1-26H. The predicted molar refractivity (Wildman–Crippen MR) is 205 cm³/mol. The molecule has 0 saturated carbocycles. The molecule has 0 unspecified atom stereocenters. The molecule has 0 aliphatic carbocycles. The zero-order valence-electron chi connectivity index (χ0n) is 27.1. The summed E-state index contributed by atoms with van der Waals surface area (Å²) in [7, 11) is 0. The molecule has 0 aliphatic heterocycles. The minimum Gasteiger partial charge on any atom is -0.455 e. The van der Waals surface area contributed by atoms with Crippen LogP contribution in [0.5, 0.6) is 0 Å². The molecule has 0 atom stereocenters. The highest BCUT2D eigenvalue weighted by Gasteiger charge is 2.22. The highest BCUT2D eigenvalue weighted by Crippen LogP contribution is 2.42. The average molecular weight is 655 g/mol. The second kappa shape index (κ2) is 10.7. The van der Waals surface area contributed by atoms with E-state index in [1.807, 2.05) is 72.8 Å². The number of rotatable bonds is 4. The Morgan fingerprint density at radius 1 is 0.373 bits per heavy atom. The largest absolute Gasteiger partial charge is 0.455 e. The molecule has 11 rings (SSSR count). The second-order valence-electron chi connectivity index (χ2n) is 12.8. The average Bonchev–Trinajstić information content (AvgIpc) is 3.88. The van der Waals surface area contributed by atoms with Gasteiger partial charge in [0.2, 0.25) is 0 Å². The highest BCUT2D eigenvalue weighted by molar-refractivity contribution is 6.16. The van der Waals surface area contributed by atoms with Crippen LogP contribution in [0.4, 0.5) is 0 Å². The van der Waals surface area contributed by atoms with Gasteiger partial charge in [-0.1, -0.05) is 115 Å². The first kappa shape index (κ1) is 27.9. The smallest absolute Gasteiger partial charge is 0.167 e. The van der Waals surface area contributed by atoms with Crippen molar-refractivity contribution in [2.75, 3.05) is 0 Å². The summed E-state index contributed by atoms with van der Waals surface area (Å²) in [4.78, 5) is 15.3. The Morgan fingerprint density at radius 3 is 1.61 bits per heavy atom. The molecule has 51 heavy (non-hydrogen) atoms. The molecule has 6 nitrogen and oxygen atoms in total. The summed E-state index contributed by atoms with van der Waals surface area (Å²) in [6.45, 7) is 0. The maximum absolute atomic E-state index is 6.77. The zero-order chi connectivity index (χ0) is 33.5. The lowest BCUT2D eigenvalue weighted by molar-refractivity contribution is 0.669. The Labute approximate surface area is 290 Å². The van der Waals surface area contributed by atoms with E-state index in [-0.39, 0.29) is 0 Å². The fourth-order valence-electron chi connectivity index (χ4n) is 7.63. The van der Waals surface area contributed by atoms with Gasteiger partial charge in [-0.15, -0.1) is 0 Å². The van der Waals surface area contributed by atoms with Crippen molar-refractivity contribution in [1.29, 1.82) is 0 Å². The number of furan rings is 2. The van der Waals surface area contributed by atoms with E-state index in [1.165, 1.54) is 10.8 Å². The highest BCUT2D eigenvalue weighted by atomic mass is 16.3. The van der Waals surface area contributed by atoms with Crippen LogP contribution >= 0.6 is 0 Å². The third-order valence-corrected chi connectivity index (χ3v) is 9.88. The third-order valence-electron chi connectivity index (χ3n) is 9.88. The third kappa shape index (κ3) is 4.14. The summed E-state index contributed by atoms with van der Waals surface area (Å²) in [6.07, 6.45) is 0. The minimum absolute atomic E-state index is 0.523. The number of benzene rings is 7. The Hall–Kier alpha value is -7.05. The van der Waals surface area contributed by atoms with Gasteiger partial charge in [0.1, 0.15) is 22.3 Å². The van der Waals surface area contributed by atoms with Gasteiger partial charge in [0.25, 0.3) is 0 Å². The van der Waals surface area contributed by atoms with E-state index >= 15 is 0 Å². The molecule has 7 aromatic carbocycles. The number of nitrogens with zero attached hydrogens (tertiary/aromatic N) is 4. The first-order valence-corrected chi connectivity index (χ1v) is 17.0. The van der Waals surface area contributed by atoms with Crippen LogP contribution in [0.3, 0.4) is 0 Å². The van der Waals surface area contributed by atoms with Crippen LogP contribution in [0, 0.1) is 0 Å². The van der Waals surface area contributed by atoms with E-state index < -0.39 is 0 Å². The van der Waals surface area contributed by atoms with Crippen LogP contribution in [0.2, 0.25) is 0 Å². The summed E-state index contributed by atoms with van der Waals surface area (Å²) in [6, 6.07) is 53.8. The summed E-state index contributed by atoms with van der Waals surface area (Å²) in [5, 5.41) is 6.52. The first-order valence-electron chi connectivity index (χ1n) is 17.0. The molecule has 0 N–H and O–H groups in total. The van der Waals surface area contributed by atoms with Gasteiger partial charge >= 0.3 is 0 Å². The van der Waals surface area contributed by atoms with E-state index in [0.29, 0.717) is 17.5 Å². The van der Waals surface area contributed by atoms with E-state index in [4.69, 9.17) is 23.8 Å². The van der Waals surface area contributed by atoms with Gasteiger partial charge in [-0.05, 0) is 42.5 Å². The van der Waals surface area contributed by atoms with Crippen LogP contribution in [0.25, 0.3) is 106 Å². The lowest BCUT2D eigenvalue weighted by atomic mass is 10.1. The maximum Gasteiger partial charge on any atom is 0.167 e. The molecule has 0 saturated heterocycles. The summed E-state index contributed by atoms with van der Waals surface area (Å²) < 4.78 is 15.5. The fourth-order valence-corrected chi connectivity index (χ4v) is 7.63. The van der Waals surface area contributed by atoms with Crippen molar-refractivity contribution >= 4 is 65.7 Å². The van der Waals surface area contributed by atoms with E-state index in [2.05, 4.69) is 89.5 Å². The van der Waals surface area contributed by atoms with Crippen molar-refractivity contribution in [3.05, 3.63) is 158 Å². The topological polar surface area (TPSA) is 69.9 Å². The maximum atomic E-state index is 6.77. The van der Waals surface area contributed by atoms with E-state index in [9.17, 15) is 0 Å². The molecule has 0 aliphatic rings. The van der Waals surface area contributed by atoms with Crippen molar-refractivity contribution in [3.63, 3.8) is 0 Å². The minimum atomic E-state index is 0.523. The number of fused-ring (bicyclic) bond motifs is 9. The summed E-state index contributed by atoms with van der Waals surface area (Å²) >= 11 is 0. The summed E-state index contributed by atoms with van der Waals surface area (Å²) in [5.41, 5.74) is 8.90. The molecular weight excluding hydrogens is 629 g/mol. The number of hydrogen-bond donors (Lipinski definition) is 0. The van der Waals surface area contributed by atoms with E-state index in [1.54, 1.807) is 0 Å². The molecule has 0 spiro atoms. The monoisotopic (exact) mass is 654 g/mol. The normalized spacial score (nSPS) is 11.9. The van der Waals surface area contributed by atoms with Crippen LogP contribution in [0.15, 0.2) is 167 Å². The van der Waals surface area contributed by atoms with Crippen LogP contribution in [-0.4, -0.2) is 19.5 Å². The Bertz CT molecular complexity index is 3100. The lowest BCUT2D eigenvalue weighted by Crippen LogP contribution is -2.00. The van der Waals surface area contributed by atoms with Crippen molar-refractivity contribution in [3.8, 4) is 39.9 Å². The van der Waals surface area contributed by atoms with Crippen molar-refractivity contribution in [1.82, 2.24) is 19.5 Å². The van der Waals surface area contributed by atoms with Gasteiger partial charge in [0, 0.05) is 32.5 Å². The van der Waals surface area contributed by atoms with Crippen molar-refractivity contribution in [2.24, 2.45) is 0 Å². The van der Waals surface area contributed by atoms with Gasteiger partial charge in [-0.3, -0.25) is 0 Å². The van der Waals surface area contributed by atoms with Crippen LogP contribution in [0.1, 0.15) is 0 Å². The van der Waals surface area contributed by atoms with Gasteiger partial charge in [0.15, 0.2) is 17.5 Å². The first-order chi connectivity index (χ1) is 25.3. The fraction of sp³-hybridized carbons (Fsp3) is 0. The molecule has 6 heteroatoms. The molecular formula is C45H26N4O2. The SMILES string of the molecule is c1ccc(-c2nc(-c3cccc4c3oc3ccccc34)nc(-c3cccc4c3oc3cccc(-n5c6ccccc6c6ccccc65)c34)n2)cc1. The van der Waals surface area contributed by atoms with Gasteiger partial charge in [-0.25, -0.2) is 15.0 Å². The molecule has 4 heterocycles. The number of hydrogen-bond acceptors (Lipinski definition) is 5. The molecule has 11 aromatic rings. The molecule has 4 aromatic heterocycles. The molecule has 0 bridgehead atoms. The molecule has 0 radical (unpaired) electrons. The van der Waals surface area contributed by atoms with Crippen LogP contribution < -0.4 is 0 Å². The van der Waals surface area contributed by atoms with Gasteiger partial charge < -0.3 is 13.4 Å². The van der Waals surface area contributed by atoms with Crippen molar-refractivity contribution < 1.29 is 8.83 Å². The van der Waals surface area contributed by atoms with E-state index in [0.717, 1.165) is 77.3 Å². The molecule has 238 valence electrons. The zero-order valence-corrected chi connectivity index (χ0v) is 27.1. The lowest BCUT2D eigenvalue weighted by Gasteiger charge is -2.10. The molecule has 0 amide bonds. The Balaban J connectivity index is 1.18.